The molecule has 1 nitrogen and oxygen atoms in total. The number of hydrogen-bond acceptors (Lipinski definition) is 1. The van der Waals surface area contributed by atoms with Gasteiger partial charge in [0.05, 0.1) is 0 Å². The van der Waals surface area contributed by atoms with Crippen LogP contribution in [0.5, 0.6) is 0 Å². The molecule has 1 aliphatic rings. The number of nitrogens with zero attached hydrogens (tertiary/aromatic N) is 1. The summed E-state index contributed by atoms with van der Waals surface area (Å²) < 4.78 is 98.3. The van der Waals surface area contributed by atoms with Crippen LogP contribution in [0, 0.1) is 0 Å². The Balaban J connectivity index is 3.16. The molecular formula is C8H7F8N. The van der Waals surface area contributed by atoms with Crippen LogP contribution in [0.1, 0.15) is 19.3 Å². The number of halogens is 8. The molecule has 0 bridgehead atoms. The molecule has 0 aliphatic heterocycles. The van der Waals surface area contributed by atoms with Crippen LogP contribution in [0.3, 0.4) is 0 Å². The maximum Gasteiger partial charge on any atom is 0.489 e. The van der Waals surface area contributed by atoms with Crippen LogP contribution in [0.25, 0.3) is 0 Å². The molecule has 0 radical (unpaired) electrons. The average Bonchev–Trinajstić information content (AvgIpc) is 2.51. The number of hydrogen-bond donors (Lipinski definition) is 0. The molecule has 100 valence electrons. The van der Waals surface area contributed by atoms with E-state index < -0.39 is 35.5 Å². The van der Waals surface area contributed by atoms with Gasteiger partial charge < -0.3 is 0 Å². The van der Waals surface area contributed by atoms with Gasteiger partial charge in [0.1, 0.15) is 0 Å². The highest BCUT2D eigenvalue weighted by Crippen LogP contribution is 2.47. The Morgan fingerprint density at radius 3 is 1.76 bits per heavy atom. The summed E-state index contributed by atoms with van der Waals surface area (Å²) in [7, 11) is 0. The van der Waals surface area contributed by atoms with Crippen LogP contribution in [0.4, 0.5) is 35.1 Å². The Morgan fingerprint density at radius 2 is 1.47 bits per heavy atom. The van der Waals surface area contributed by atoms with Gasteiger partial charge in [-0.2, -0.15) is 22.0 Å². The van der Waals surface area contributed by atoms with Gasteiger partial charge in [-0.15, -0.1) is 13.2 Å². The molecule has 1 rings (SSSR count). The van der Waals surface area contributed by atoms with Gasteiger partial charge in [-0.1, -0.05) is 6.08 Å². The third-order valence-electron chi connectivity index (χ3n) is 2.18. The summed E-state index contributed by atoms with van der Waals surface area (Å²) in [6.45, 7) is 0. The van der Waals surface area contributed by atoms with Gasteiger partial charge >= 0.3 is 18.5 Å². The Labute approximate surface area is 90.7 Å². The third kappa shape index (κ3) is 2.63. The van der Waals surface area contributed by atoms with Crippen LogP contribution in [-0.4, -0.2) is 23.4 Å². The van der Waals surface area contributed by atoms with Gasteiger partial charge in [0.25, 0.3) is 0 Å². The monoisotopic (exact) mass is 269 g/mol. The number of rotatable bonds is 2. The largest absolute Gasteiger partial charge is 0.489 e. The molecule has 0 unspecified atom stereocenters. The quantitative estimate of drug-likeness (QED) is 0.540. The lowest BCUT2D eigenvalue weighted by molar-refractivity contribution is -0.400. The normalized spacial score (nSPS) is 18.2. The molecule has 0 spiro atoms. The average molecular weight is 269 g/mol. The highest BCUT2D eigenvalue weighted by atomic mass is 19.4. The number of allylic oxidation sites excluding steroid dienone is 2. The van der Waals surface area contributed by atoms with Gasteiger partial charge in [-0.3, -0.25) is 0 Å². The summed E-state index contributed by atoms with van der Waals surface area (Å²) in [6.07, 6.45) is -11.6. The molecule has 0 fully saturated rings. The van der Waals surface area contributed by atoms with Gasteiger partial charge in [-0.25, -0.2) is 4.90 Å². The second-order valence-corrected chi connectivity index (χ2v) is 3.43. The Hall–Kier alpha value is -1.02. The predicted molar refractivity (Wildman–Crippen MR) is 40.8 cm³/mol. The zero-order valence-corrected chi connectivity index (χ0v) is 8.17. The van der Waals surface area contributed by atoms with Crippen LogP contribution >= 0.6 is 0 Å². The number of alkyl halides is 8. The van der Waals surface area contributed by atoms with E-state index in [1.54, 1.807) is 0 Å². The fourth-order valence-electron chi connectivity index (χ4n) is 1.49. The van der Waals surface area contributed by atoms with Crippen molar-refractivity contribution in [1.82, 2.24) is 4.90 Å². The lowest BCUT2D eigenvalue weighted by atomic mass is 10.3. The standard InChI is InChI=1S/C8H7F8N/c9-6(10,11)7(12,13)17(8(14,15)16)5-3-1-2-4-5/h3H,1-2,4H2. The van der Waals surface area contributed by atoms with Crippen LogP contribution in [0.2, 0.25) is 0 Å². The molecule has 0 aromatic rings. The van der Waals surface area contributed by atoms with Crippen LogP contribution < -0.4 is 0 Å². The molecule has 0 saturated heterocycles. The molecule has 0 saturated carbocycles. The van der Waals surface area contributed by atoms with Crippen molar-refractivity contribution >= 4 is 0 Å². The highest BCUT2D eigenvalue weighted by Gasteiger charge is 2.68. The Bertz CT molecular complexity index is 312. The van der Waals surface area contributed by atoms with E-state index in [0.29, 0.717) is 0 Å². The molecule has 0 atom stereocenters. The van der Waals surface area contributed by atoms with Crippen molar-refractivity contribution in [3.8, 4) is 0 Å². The molecule has 0 N–H and O–H groups in total. The summed E-state index contributed by atoms with van der Waals surface area (Å²) in [5.41, 5.74) is -1.04. The maximum absolute atomic E-state index is 12.8. The van der Waals surface area contributed by atoms with E-state index in [4.69, 9.17) is 0 Å². The predicted octanol–water partition coefficient (Wildman–Crippen LogP) is 4.03. The molecule has 1 aliphatic carbocycles. The minimum Gasteiger partial charge on any atom is -0.220 e. The second-order valence-electron chi connectivity index (χ2n) is 3.43. The van der Waals surface area contributed by atoms with E-state index >= 15 is 0 Å². The van der Waals surface area contributed by atoms with Crippen molar-refractivity contribution < 1.29 is 35.1 Å². The van der Waals surface area contributed by atoms with Gasteiger partial charge in [0.2, 0.25) is 0 Å². The first-order valence-corrected chi connectivity index (χ1v) is 4.48. The fraction of sp³-hybridized carbons (Fsp3) is 0.750. The summed E-state index contributed by atoms with van der Waals surface area (Å²) in [5.74, 6) is 0. The van der Waals surface area contributed by atoms with E-state index in [1.807, 2.05) is 0 Å². The molecular weight excluding hydrogens is 262 g/mol. The first-order chi connectivity index (χ1) is 7.48. The van der Waals surface area contributed by atoms with Crippen LogP contribution in [-0.2, 0) is 0 Å². The maximum atomic E-state index is 12.8. The van der Waals surface area contributed by atoms with E-state index in [-0.39, 0.29) is 12.8 Å². The summed E-state index contributed by atoms with van der Waals surface area (Å²) in [6, 6.07) is -5.96. The Morgan fingerprint density at radius 1 is 0.941 bits per heavy atom. The zero-order valence-electron chi connectivity index (χ0n) is 8.17. The van der Waals surface area contributed by atoms with Gasteiger partial charge in [0, 0.05) is 5.70 Å². The van der Waals surface area contributed by atoms with E-state index in [2.05, 4.69) is 0 Å². The SMILES string of the molecule is FC(F)(F)N(C1=CCCC1)C(F)(F)C(F)(F)F. The van der Waals surface area contributed by atoms with Crippen molar-refractivity contribution in [2.24, 2.45) is 0 Å². The van der Waals surface area contributed by atoms with Crippen molar-refractivity contribution in [2.45, 2.75) is 37.8 Å². The van der Waals surface area contributed by atoms with Crippen molar-refractivity contribution in [3.05, 3.63) is 11.8 Å². The minimum atomic E-state index is -6.29. The molecule has 9 heteroatoms. The topological polar surface area (TPSA) is 3.24 Å². The lowest BCUT2D eigenvalue weighted by Crippen LogP contribution is -2.57. The summed E-state index contributed by atoms with van der Waals surface area (Å²) in [4.78, 5) is -1.80. The van der Waals surface area contributed by atoms with E-state index in [9.17, 15) is 35.1 Å². The first-order valence-electron chi connectivity index (χ1n) is 4.48. The smallest absolute Gasteiger partial charge is 0.220 e. The second kappa shape index (κ2) is 4.02. The van der Waals surface area contributed by atoms with E-state index in [1.165, 1.54) is 0 Å². The fourth-order valence-corrected chi connectivity index (χ4v) is 1.49. The summed E-state index contributed by atoms with van der Waals surface area (Å²) in [5, 5.41) is 0. The van der Waals surface area contributed by atoms with Gasteiger partial charge in [0.15, 0.2) is 0 Å². The van der Waals surface area contributed by atoms with Crippen molar-refractivity contribution in [3.63, 3.8) is 0 Å². The molecule has 0 heterocycles. The molecule has 0 aromatic carbocycles. The first kappa shape index (κ1) is 14.0. The zero-order chi connectivity index (χ0) is 13.5. The summed E-state index contributed by atoms with van der Waals surface area (Å²) >= 11 is 0. The molecule has 0 amide bonds. The molecule has 17 heavy (non-hydrogen) atoms. The van der Waals surface area contributed by atoms with Gasteiger partial charge in [-0.05, 0) is 19.3 Å². The third-order valence-corrected chi connectivity index (χ3v) is 2.18. The van der Waals surface area contributed by atoms with E-state index in [0.717, 1.165) is 6.08 Å². The minimum absolute atomic E-state index is 0.0514. The van der Waals surface area contributed by atoms with Crippen LogP contribution in [0.15, 0.2) is 11.8 Å². The molecule has 0 aromatic heterocycles. The van der Waals surface area contributed by atoms with Crippen molar-refractivity contribution in [2.75, 3.05) is 0 Å². The highest BCUT2D eigenvalue weighted by molar-refractivity contribution is 5.10. The lowest BCUT2D eigenvalue weighted by Gasteiger charge is -2.35. The van der Waals surface area contributed by atoms with Crippen molar-refractivity contribution in [1.29, 1.82) is 0 Å². The Kier molecular flexibility index (Phi) is 3.32.